The van der Waals surface area contributed by atoms with E-state index in [9.17, 15) is 0 Å². The van der Waals surface area contributed by atoms with Crippen LogP contribution in [0.1, 0.15) is 25.7 Å². The van der Waals surface area contributed by atoms with Crippen molar-refractivity contribution in [2.24, 2.45) is 11.8 Å². The molecule has 0 aromatic heterocycles. The molecule has 1 aromatic carbocycles. The molecule has 4 aliphatic heterocycles. The van der Waals surface area contributed by atoms with Crippen molar-refractivity contribution in [1.82, 2.24) is 15.1 Å². The summed E-state index contributed by atoms with van der Waals surface area (Å²) in [5.41, 5.74) is 2.23. The molecule has 4 fully saturated rings. The van der Waals surface area contributed by atoms with E-state index in [1.807, 2.05) is 0 Å². The van der Waals surface area contributed by atoms with Crippen molar-refractivity contribution < 1.29 is 0 Å². The molecule has 4 aliphatic rings. The number of likely N-dealkylation sites (tertiary alicyclic amines) is 1. The van der Waals surface area contributed by atoms with Gasteiger partial charge in [0, 0.05) is 51.1 Å². The summed E-state index contributed by atoms with van der Waals surface area (Å²) >= 11 is 5.54. The standard InChI is InChI=1S/C22H35N5S/c1-25(2)20-7-5-19(6-8-20)24-22(28)23-14-21-13-17-9-12-27(21)16-18(17)15-26-10-3-4-11-26/h5-8,17-18,21H,3-4,9-16H2,1-2H3,(H2,23,24,28)/t17-,18+,21+/m1/s1. The molecule has 4 heterocycles. The molecule has 28 heavy (non-hydrogen) atoms. The van der Waals surface area contributed by atoms with Crippen LogP contribution in [0.25, 0.3) is 0 Å². The monoisotopic (exact) mass is 401 g/mol. The second-order valence-electron chi connectivity index (χ2n) is 8.98. The zero-order chi connectivity index (χ0) is 19.5. The first-order valence-electron chi connectivity index (χ1n) is 10.9. The van der Waals surface area contributed by atoms with Gasteiger partial charge in [-0.1, -0.05) is 0 Å². The molecule has 4 atom stereocenters. The number of anilines is 2. The maximum absolute atomic E-state index is 5.54. The number of nitrogens with zero attached hydrogens (tertiary/aromatic N) is 3. The molecule has 6 heteroatoms. The third-order valence-electron chi connectivity index (χ3n) is 6.85. The van der Waals surface area contributed by atoms with Gasteiger partial charge < -0.3 is 20.4 Å². The van der Waals surface area contributed by atoms with Crippen LogP contribution in [-0.4, -0.2) is 74.3 Å². The van der Waals surface area contributed by atoms with Crippen LogP contribution in [0.5, 0.6) is 0 Å². The van der Waals surface area contributed by atoms with Crippen LogP contribution in [0.15, 0.2) is 24.3 Å². The molecular weight excluding hydrogens is 366 g/mol. The lowest BCUT2D eigenvalue weighted by molar-refractivity contribution is -0.00792. The summed E-state index contributed by atoms with van der Waals surface area (Å²) < 4.78 is 0. The van der Waals surface area contributed by atoms with Crippen LogP contribution < -0.4 is 15.5 Å². The zero-order valence-electron chi connectivity index (χ0n) is 17.4. The molecule has 1 unspecified atom stereocenters. The second kappa shape index (κ2) is 8.97. The minimum Gasteiger partial charge on any atom is -0.378 e. The van der Waals surface area contributed by atoms with Crippen molar-refractivity contribution in [1.29, 1.82) is 0 Å². The number of benzene rings is 1. The summed E-state index contributed by atoms with van der Waals surface area (Å²) in [4.78, 5) is 7.51. The number of nitrogens with one attached hydrogen (secondary N) is 2. The Balaban J connectivity index is 1.22. The van der Waals surface area contributed by atoms with Crippen LogP contribution in [0, 0.1) is 11.8 Å². The maximum atomic E-state index is 5.54. The Hall–Kier alpha value is -1.37. The summed E-state index contributed by atoms with van der Waals surface area (Å²) in [5.74, 6) is 1.78. The van der Waals surface area contributed by atoms with Gasteiger partial charge in [0.25, 0.3) is 0 Å². The summed E-state index contributed by atoms with van der Waals surface area (Å²) in [6.07, 6.45) is 5.51. The van der Waals surface area contributed by atoms with Crippen molar-refractivity contribution in [3.63, 3.8) is 0 Å². The molecule has 0 spiro atoms. The highest BCUT2D eigenvalue weighted by Crippen LogP contribution is 2.36. The van der Waals surface area contributed by atoms with Gasteiger partial charge in [0.05, 0.1) is 0 Å². The molecule has 1 aromatic rings. The van der Waals surface area contributed by atoms with Gasteiger partial charge in [-0.05, 0) is 93.6 Å². The van der Waals surface area contributed by atoms with E-state index < -0.39 is 0 Å². The minimum absolute atomic E-state index is 0.629. The van der Waals surface area contributed by atoms with Crippen LogP contribution in [-0.2, 0) is 0 Å². The number of thiocarbonyl (C=S) groups is 1. The Morgan fingerprint density at radius 3 is 2.54 bits per heavy atom. The molecule has 2 N–H and O–H groups in total. The van der Waals surface area contributed by atoms with E-state index in [1.165, 1.54) is 64.1 Å². The van der Waals surface area contributed by atoms with Gasteiger partial charge in [0.15, 0.2) is 5.11 Å². The number of hydrogen-bond acceptors (Lipinski definition) is 4. The fourth-order valence-corrected chi connectivity index (χ4v) is 5.40. The number of piperidine rings is 3. The summed E-state index contributed by atoms with van der Waals surface area (Å²) in [5, 5.41) is 7.52. The number of hydrogen-bond donors (Lipinski definition) is 2. The van der Waals surface area contributed by atoms with Gasteiger partial charge in [0.1, 0.15) is 0 Å². The fraction of sp³-hybridized carbons (Fsp3) is 0.682. The summed E-state index contributed by atoms with van der Waals surface area (Å²) in [7, 11) is 4.11. The van der Waals surface area contributed by atoms with E-state index in [0.717, 1.165) is 29.2 Å². The van der Waals surface area contributed by atoms with Gasteiger partial charge in [0.2, 0.25) is 0 Å². The van der Waals surface area contributed by atoms with E-state index >= 15 is 0 Å². The molecule has 0 aliphatic carbocycles. The van der Waals surface area contributed by atoms with Crippen LogP contribution in [0.2, 0.25) is 0 Å². The predicted molar refractivity (Wildman–Crippen MR) is 122 cm³/mol. The van der Waals surface area contributed by atoms with Gasteiger partial charge in [-0.15, -0.1) is 0 Å². The van der Waals surface area contributed by atoms with Gasteiger partial charge in [-0.25, -0.2) is 0 Å². The van der Waals surface area contributed by atoms with Crippen molar-refractivity contribution in [3.05, 3.63) is 24.3 Å². The van der Waals surface area contributed by atoms with E-state index in [1.54, 1.807) is 0 Å². The molecule has 4 saturated heterocycles. The molecule has 2 bridgehead atoms. The lowest BCUT2D eigenvalue weighted by Crippen LogP contribution is -2.58. The number of fused-ring (bicyclic) bond motifs is 3. The molecule has 0 saturated carbocycles. The highest BCUT2D eigenvalue weighted by molar-refractivity contribution is 7.80. The Morgan fingerprint density at radius 1 is 1.14 bits per heavy atom. The number of rotatable bonds is 6. The van der Waals surface area contributed by atoms with Crippen LogP contribution in [0.3, 0.4) is 0 Å². The van der Waals surface area contributed by atoms with E-state index in [4.69, 9.17) is 12.2 Å². The van der Waals surface area contributed by atoms with Crippen molar-refractivity contribution in [2.75, 3.05) is 63.6 Å². The molecular formula is C22H35N5S. The van der Waals surface area contributed by atoms with E-state index in [-0.39, 0.29) is 0 Å². The first-order chi connectivity index (χ1) is 13.6. The quantitative estimate of drug-likeness (QED) is 0.714. The maximum Gasteiger partial charge on any atom is 0.170 e. The topological polar surface area (TPSA) is 33.8 Å². The zero-order valence-corrected chi connectivity index (χ0v) is 18.2. The molecule has 154 valence electrons. The fourth-order valence-electron chi connectivity index (χ4n) is 5.19. The average molecular weight is 402 g/mol. The van der Waals surface area contributed by atoms with Crippen molar-refractivity contribution in [3.8, 4) is 0 Å². The average Bonchev–Trinajstić information content (AvgIpc) is 3.20. The SMILES string of the molecule is CN(C)c1ccc(NC(=S)NC[C@@H]2C[C@H]3CCN2C[C@@H]3CN2CCCC2)cc1. The van der Waals surface area contributed by atoms with Gasteiger partial charge in [-0.3, -0.25) is 4.90 Å². The third-order valence-corrected chi connectivity index (χ3v) is 7.09. The van der Waals surface area contributed by atoms with Crippen LogP contribution in [0.4, 0.5) is 11.4 Å². The van der Waals surface area contributed by atoms with Crippen molar-refractivity contribution in [2.45, 2.75) is 31.7 Å². The Labute approximate surface area is 175 Å². The Bertz CT molecular complexity index is 655. The van der Waals surface area contributed by atoms with Crippen LogP contribution >= 0.6 is 12.2 Å². The second-order valence-corrected chi connectivity index (χ2v) is 9.39. The summed E-state index contributed by atoms with van der Waals surface area (Å²) in [6, 6.07) is 9.01. The van der Waals surface area contributed by atoms with Crippen molar-refractivity contribution >= 4 is 28.7 Å². The smallest absolute Gasteiger partial charge is 0.170 e. The summed E-state index contributed by atoms with van der Waals surface area (Å²) in [6.45, 7) is 7.46. The first kappa shape index (κ1) is 19.9. The molecule has 0 amide bonds. The lowest BCUT2D eigenvalue weighted by Gasteiger charge is -2.50. The molecule has 5 nitrogen and oxygen atoms in total. The van der Waals surface area contributed by atoms with Gasteiger partial charge >= 0.3 is 0 Å². The highest BCUT2D eigenvalue weighted by atomic mass is 32.1. The first-order valence-corrected chi connectivity index (χ1v) is 11.3. The van der Waals surface area contributed by atoms with E-state index in [2.05, 4.69) is 63.7 Å². The third kappa shape index (κ3) is 4.78. The largest absolute Gasteiger partial charge is 0.378 e. The minimum atomic E-state index is 0.629. The molecule has 5 rings (SSSR count). The lowest BCUT2D eigenvalue weighted by atomic mass is 9.75. The molecule has 0 radical (unpaired) electrons. The normalized spacial score (nSPS) is 29.6. The predicted octanol–water partition coefficient (Wildman–Crippen LogP) is 2.85. The highest BCUT2D eigenvalue weighted by Gasteiger charge is 2.40. The van der Waals surface area contributed by atoms with E-state index in [0.29, 0.717) is 6.04 Å². The van der Waals surface area contributed by atoms with Gasteiger partial charge in [-0.2, -0.15) is 0 Å². The Kier molecular flexibility index (Phi) is 6.38. The Morgan fingerprint density at radius 2 is 1.89 bits per heavy atom.